The van der Waals surface area contributed by atoms with E-state index in [1.807, 2.05) is 24.0 Å². The van der Waals surface area contributed by atoms with E-state index in [-0.39, 0.29) is 23.8 Å². The van der Waals surface area contributed by atoms with Crippen molar-refractivity contribution in [1.29, 1.82) is 0 Å². The number of hydrogen-bond donors (Lipinski definition) is 2. The zero-order valence-corrected chi connectivity index (χ0v) is 22.0. The lowest BCUT2D eigenvalue weighted by atomic mass is 9.88. The first kappa shape index (κ1) is 25.1. The molecule has 4 aliphatic rings. The second-order valence-corrected chi connectivity index (χ2v) is 10.7. The number of likely N-dealkylation sites (tertiary alicyclic amines) is 1. The number of nitrogens with one attached hydrogen (secondary N) is 2. The smallest absolute Gasteiger partial charge is 0.256 e. The first-order chi connectivity index (χ1) is 18.4. The average molecular weight is 537 g/mol. The van der Waals surface area contributed by atoms with E-state index in [9.17, 15) is 14.0 Å². The van der Waals surface area contributed by atoms with Crippen LogP contribution in [0.15, 0.2) is 53.7 Å². The Morgan fingerprint density at radius 2 is 1.92 bits per heavy atom. The number of morpholine rings is 1. The molecule has 7 nitrogen and oxygen atoms in total. The highest BCUT2D eigenvalue weighted by molar-refractivity contribution is 6.33. The summed E-state index contributed by atoms with van der Waals surface area (Å²) in [6, 6.07) is 9.95. The van der Waals surface area contributed by atoms with Crippen LogP contribution < -0.4 is 10.6 Å². The Kier molecular flexibility index (Phi) is 6.72. The van der Waals surface area contributed by atoms with Gasteiger partial charge in [-0.05, 0) is 54.8 Å². The Bertz CT molecular complexity index is 1370. The van der Waals surface area contributed by atoms with Crippen molar-refractivity contribution in [3.63, 3.8) is 0 Å². The van der Waals surface area contributed by atoms with E-state index in [4.69, 9.17) is 16.3 Å². The van der Waals surface area contributed by atoms with Crippen LogP contribution >= 0.6 is 11.6 Å². The van der Waals surface area contributed by atoms with Gasteiger partial charge in [0.25, 0.3) is 5.91 Å². The third-order valence-corrected chi connectivity index (χ3v) is 8.28. The summed E-state index contributed by atoms with van der Waals surface area (Å²) in [6.45, 7) is 7.51. The summed E-state index contributed by atoms with van der Waals surface area (Å²) in [7, 11) is 0. The van der Waals surface area contributed by atoms with E-state index in [1.165, 1.54) is 6.07 Å². The van der Waals surface area contributed by atoms with Crippen LogP contribution in [0.25, 0.3) is 16.7 Å². The second-order valence-electron chi connectivity index (χ2n) is 10.3. The van der Waals surface area contributed by atoms with Gasteiger partial charge in [0, 0.05) is 66.3 Å². The molecule has 0 radical (unpaired) electrons. The normalized spacial score (nSPS) is 24.5. The van der Waals surface area contributed by atoms with E-state index < -0.39 is 5.82 Å². The molecule has 0 aromatic heterocycles. The van der Waals surface area contributed by atoms with Gasteiger partial charge in [0.15, 0.2) is 0 Å². The van der Waals surface area contributed by atoms with E-state index in [2.05, 4.69) is 15.5 Å². The van der Waals surface area contributed by atoms with E-state index in [1.54, 1.807) is 24.3 Å². The van der Waals surface area contributed by atoms with Gasteiger partial charge in [-0.25, -0.2) is 4.39 Å². The number of halogens is 2. The first-order valence-corrected chi connectivity index (χ1v) is 13.5. The van der Waals surface area contributed by atoms with Crippen LogP contribution in [0.4, 0.5) is 10.1 Å². The number of hydrogen-bond acceptors (Lipinski definition) is 5. The van der Waals surface area contributed by atoms with Crippen molar-refractivity contribution in [2.24, 2.45) is 5.92 Å². The van der Waals surface area contributed by atoms with Gasteiger partial charge in [0.05, 0.1) is 24.7 Å². The predicted molar refractivity (Wildman–Crippen MR) is 145 cm³/mol. The Balaban J connectivity index is 1.28. The van der Waals surface area contributed by atoms with Crippen molar-refractivity contribution in [3.05, 3.63) is 70.1 Å². The quantitative estimate of drug-likeness (QED) is 0.567. The minimum atomic E-state index is -0.451. The van der Waals surface area contributed by atoms with Crippen LogP contribution in [-0.4, -0.2) is 73.6 Å². The molecular formula is C29H30ClFN4O3. The van der Waals surface area contributed by atoms with Crippen molar-refractivity contribution in [1.82, 2.24) is 15.1 Å². The maximum Gasteiger partial charge on any atom is 0.256 e. The number of ether oxygens (including phenoxy) is 1. The number of fused-ring (bicyclic) bond motifs is 2. The standard InChI is InChI=1S/C29H30ClFN4O3/c1-17-25(32-24-7-8-35(29(37)26(17)24)10-9-34-11-13-38-14-12-34)16-21-27-20(3-2-4-23(27)33-28(21)36)19-6-5-18(30)15-22(19)31/h2-6,15-16,24,26,32H,7-14H2,1H3,(H,33,36)/b21-16-. The summed E-state index contributed by atoms with van der Waals surface area (Å²) in [5.41, 5.74) is 4.43. The summed E-state index contributed by atoms with van der Waals surface area (Å²) in [5, 5.41) is 6.73. The lowest BCUT2D eigenvalue weighted by molar-refractivity contribution is -0.138. The first-order valence-electron chi connectivity index (χ1n) is 13.1. The van der Waals surface area contributed by atoms with Gasteiger partial charge in [0.1, 0.15) is 5.82 Å². The number of anilines is 1. The van der Waals surface area contributed by atoms with E-state index in [0.29, 0.717) is 46.1 Å². The molecule has 38 heavy (non-hydrogen) atoms. The molecule has 2 aromatic rings. The van der Waals surface area contributed by atoms with Crippen molar-refractivity contribution >= 4 is 34.7 Å². The average Bonchev–Trinajstić information content (AvgIpc) is 3.40. The van der Waals surface area contributed by atoms with Crippen LogP contribution in [0, 0.1) is 11.7 Å². The largest absolute Gasteiger partial charge is 0.381 e. The number of amides is 2. The number of carbonyl (C=O) groups excluding carboxylic acids is 2. The molecule has 0 spiro atoms. The molecule has 2 aromatic carbocycles. The van der Waals surface area contributed by atoms with E-state index >= 15 is 0 Å². The highest BCUT2D eigenvalue weighted by atomic mass is 35.5. The molecule has 2 N–H and O–H groups in total. The van der Waals surface area contributed by atoms with Crippen LogP contribution in [0.3, 0.4) is 0 Å². The van der Waals surface area contributed by atoms with Crippen molar-refractivity contribution < 1.29 is 18.7 Å². The van der Waals surface area contributed by atoms with Crippen LogP contribution in [0.1, 0.15) is 18.9 Å². The fraction of sp³-hybridized carbons (Fsp3) is 0.379. The van der Waals surface area contributed by atoms with Crippen LogP contribution in [0.2, 0.25) is 5.02 Å². The summed E-state index contributed by atoms with van der Waals surface area (Å²) >= 11 is 5.97. The lowest BCUT2D eigenvalue weighted by Crippen LogP contribution is -2.52. The third-order valence-electron chi connectivity index (χ3n) is 8.05. The maximum atomic E-state index is 14.9. The van der Waals surface area contributed by atoms with Gasteiger partial charge in [0.2, 0.25) is 5.91 Å². The fourth-order valence-corrected chi connectivity index (χ4v) is 6.15. The molecule has 2 fully saturated rings. The van der Waals surface area contributed by atoms with Crippen LogP contribution in [-0.2, 0) is 14.3 Å². The monoisotopic (exact) mass is 536 g/mol. The molecule has 6 rings (SSSR count). The highest BCUT2D eigenvalue weighted by Gasteiger charge is 2.43. The number of nitrogens with zero attached hydrogens (tertiary/aromatic N) is 2. The number of rotatable bonds is 5. The lowest BCUT2D eigenvalue weighted by Gasteiger charge is -2.37. The molecule has 0 saturated carbocycles. The molecule has 2 atom stereocenters. The molecule has 0 aliphatic carbocycles. The SMILES string of the molecule is CC1=C(/C=C2\C(=O)Nc3cccc(-c4ccc(Cl)cc4F)c32)NC2CCN(CCN3CCOCC3)C(=O)C12. The summed E-state index contributed by atoms with van der Waals surface area (Å²) < 4.78 is 20.3. The number of allylic oxidation sites excluding steroid dienone is 1. The molecule has 4 heterocycles. The van der Waals surface area contributed by atoms with Crippen LogP contribution in [0.5, 0.6) is 0 Å². The topological polar surface area (TPSA) is 73.9 Å². The Morgan fingerprint density at radius 1 is 1.11 bits per heavy atom. The Labute approximate surface area is 226 Å². The molecule has 2 saturated heterocycles. The molecular weight excluding hydrogens is 507 g/mol. The highest BCUT2D eigenvalue weighted by Crippen LogP contribution is 2.42. The minimum Gasteiger partial charge on any atom is -0.381 e. The summed E-state index contributed by atoms with van der Waals surface area (Å²) in [5.74, 6) is -0.827. The fourth-order valence-electron chi connectivity index (χ4n) is 5.99. The number of benzene rings is 2. The van der Waals surface area contributed by atoms with Crippen molar-refractivity contribution in [2.45, 2.75) is 19.4 Å². The minimum absolute atomic E-state index is 0.00174. The van der Waals surface area contributed by atoms with Crippen molar-refractivity contribution in [2.75, 3.05) is 51.3 Å². The van der Waals surface area contributed by atoms with Gasteiger partial charge >= 0.3 is 0 Å². The molecule has 198 valence electrons. The zero-order valence-electron chi connectivity index (χ0n) is 21.2. The van der Waals surface area contributed by atoms with Gasteiger partial charge in [-0.2, -0.15) is 0 Å². The number of piperidine rings is 1. The van der Waals surface area contributed by atoms with Gasteiger partial charge in [-0.15, -0.1) is 0 Å². The molecule has 9 heteroatoms. The van der Waals surface area contributed by atoms with E-state index in [0.717, 1.165) is 50.5 Å². The summed E-state index contributed by atoms with van der Waals surface area (Å²) in [6.07, 6.45) is 2.66. The molecule has 0 bridgehead atoms. The molecule has 4 aliphatic heterocycles. The van der Waals surface area contributed by atoms with Crippen molar-refractivity contribution in [3.8, 4) is 11.1 Å². The maximum absolute atomic E-state index is 14.9. The molecule has 2 unspecified atom stereocenters. The predicted octanol–water partition coefficient (Wildman–Crippen LogP) is 3.91. The molecule has 2 amide bonds. The zero-order chi connectivity index (χ0) is 26.4. The third kappa shape index (κ3) is 4.51. The van der Waals surface area contributed by atoms with Gasteiger partial charge < -0.3 is 20.3 Å². The summed E-state index contributed by atoms with van der Waals surface area (Å²) in [4.78, 5) is 30.9. The Hall–Kier alpha value is -3.20. The van der Waals surface area contributed by atoms with Gasteiger partial charge in [-0.1, -0.05) is 23.7 Å². The second kappa shape index (κ2) is 10.2. The number of carbonyl (C=O) groups is 2. The Morgan fingerprint density at radius 3 is 2.71 bits per heavy atom. The van der Waals surface area contributed by atoms with Gasteiger partial charge in [-0.3, -0.25) is 14.5 Å².